The number of anilines is 3. The van der Waals surface area contributed by atoms with Crippen molar-refractivity contribution in [3.8, 4) is 56.9 Å². The Morgan fingerprint density at radius 2 is 0.740 bits per heavy atom. The van der Waals surface area contributed by atoms with Crippen LogP contribution in [0.5, 0.6) is 0 Å². The minimum absolute atomic E-state index is 0.406. The fourth-order valence-corrected chi connectivity index (χ4v) is 7.18. The quantitative estimate of drug-likeness (QED) is 0.176. The summed E-state index contributed by atoms with van der Waals surface area (Å²) < 4.78 is 0. The summed E-state index contributed by atoms with van der Waals surface area (Å²) in [4.78, 5) is 29.7. The highest BCUT2D eigenvalue weighted by Crippen LogP contribution is 2.51. The monoisotopic (exact) mass is 660 g/mol. The van der Waals surface area contributed by atoms with E-state index in [-0.39, 0.29) is 0 Å². The number of para-hydroxylation sites is 2. The summed E-state index contributed by atoms with van der Waals surface area (Å²) >= 11 is 1.80. The van der Waals surface area contributed by atoms with Crippen LogP contribution in [0.4, 0.5) is 17.1 Å². The Balaban J connectivity index is 1.18. The Hall–Kier alpha value is -6.44. The molecule has 0 radical (unpaired) electrons. The molecule has 0 saturated carbocycles. The molecule has 3 heterocycles. The summed E-state index contributed by atoms with van der Waals surface area (Å²) in [5.41, 5.74) is 8.68. The van der Waals surface area contributed by atoms with Gasteiger partial charge in [0.15, 0.2) is 17.5 Å². The SMILES string of the molecule is c1ccc(-c2cc(-c3ccccc3)nc(-c3nc(-c4ccccc4)nc(-c4ccc(N5c6ccccc6Sc6ccccc65)cc4)n3)n2)cc1. The predicted octanol–water partition coefficient (Wildman–Crippen LogP) is 10.9. The molecule has 7 heteroatoms. The van der Waals surface area contributed by atoms with E-state index in [9.17, 15) is 0 Å². The van der Waals surface area contributed by atoms with Crippen molar-refractivity contribution >= 4 is 28.8 Å². The fraction of sp³-hybridized carbons (Fsp3) is 0. The molecule has 6 nitrogen and oxygen atoms in total. The van der Waals surface area contributed by atoms with Crippen molar-refractivity contribution in [1.82, 2.24) is 24.9 Å². The van der Waals surface area contributed by atoms with Crippen LogP contribution >= 0.6 is 11.8 Å². The molecular weight excluding hydrogens is 633 g/mol. The number of rotatable bonds is 6. The van der Waals surface area contributed by atoms with Gasteiger partial charge in [0, 0.05) is 37.7 Å². The number of benzene rings is 6. The molecule has 6 aromatic carbocycles. The van der Waals surface area contributed by atoms with Gasteiger partial charge in [0.2, 0.25) is 5.82 Å². The molecular formula is C43H28N6S. The van der Waals surface area contributed by atoms with Crippen molar-refractivity contribution in [3.05, 3.63) is 170 Å². The molecule has 1 aliphatic heterocycles. The zero-order valence-electron chi connectivity index (χ0n) is 26.8. The number of hydrogen-bond acceptors (Lipinski definition) is 7. The summed E-state index contributed by atoms with van der Waals surface area (Å²) in [7, 11) is 0. The molecule has 1 aliphatic rings. The van der Waals surface area contributed by atoms with Gasteiger partial charge in [0.25, 0.3) is 0 Å². The Bertz CT molecular complexity index is 2350. The number of fused-ring (bicyclic) bond motifs is 2. The summed E-state index contributed by atoms with van der Waals surface area (Å²) in [6, 6.07) is 57.7. The Labute approximate surface area is 294 Å². The van der Waals surface area contributed by atoms with Crippen LogP contribution in [0.1, 0.15) is 0 Å². The molecule has 0 atom stereocenters. The second-order valence-electron chi connectivity index (χ2n) is 11.8. The summed E-state index contributed by atoms with van der Waals surface area (Å²) in [6.45, 7) is 0. The van der Waals surface area contributed by atoms with E-state index in [1.165, 1.54) is 9.79 Å². The van der Waals surface area contributed by atoms with Gasteiger partial charge in [-0.05, 0) is 54.6 Å². The van der Waals surface area contributed by atoms with E-state index in [0.717, 1.165) is 50.7 Å². The minimum atomic E-state index is 0.406. The standard InChI is InChI=1S/C43H28N6S/c1-4-14-29(15-5-1)34-28-35(30-16-6-2-7-17-30)45-42(44-34)43-47-40(31-18-8-3-9-19-31)46-41(48-43)32-24-26-33(27-25-32)49-36-20-10-12-22-38(36)50-39-23-13-11-21-37(39)49/h1-28H. The van der Waals surface area contributed by atoms with E-state index in [4.69, 9.17) is 24.9 Å². The molecule has 236 valence electrons. The van der Waals surface area contributed by atoms with E-state index in [0.29, 0.717) is 23.3 Å². The van der Waals surface area contributed by atoms with Crippen LogP contribution in [-0.2, 0) is 0 Å². The smallest absolute Gasteiger partial charge is 0.201 e. The molecule has 0 aliphatic carbocycles. The van der Waals surface area contributed by atoms with Gasteiger partial charge in [-0.1, -0.05) is 127 Å². The van der Waals surface area contributed by atoms with E-state index in [2.05, 4.69) is 102 Å². The van der Waals surface area contributed by atoms with E-state index < -0.39 is 0 Å². The minimum Gasteiger partial charge on any atom is -0.308 e. The Morgan fingerprint density at radius 3 is 1.26 bits per heavy atom. The van der Waals surface area contributed by atoms with Crippen LogP contribution in [0.15, 0.2) is 180 Å². The van der Waals surface area contributed by atoms with Crippen molar-refractivity contribution in [1.29, 1.82) is 0 Å². The molecule has 9 rings (SSSR count). The lowest BCUT2D eigenvalue weighted by molar-refractivity contribution is 1.03. The van der Waals surface area contributed by atoms with Gasteiger partial charge in [-0.3, -0.25) is 0 Å². The Morgan fingerprint density at radius 1 is 0.340 bits per heavy atom. The lowest BCUT2D eigenvalue weighted by Crippen LogP contribution is -2.14. The fourth-order valence-electron chi connectivity index (χ4n) is 6.12. The second kappa shape index (κ2) is 12.9. The lowest BCUT2D eigenvalue weighted by atomic mass is 10.1. The largest absolute Gasteiger partial charge is 0.308 e. The van der Waals surface area contributed by atoms with Gasteiger partial charge in [0.05, 0.1) is 22.8 Å². The lowest BCUT2D eigenvalue weighted by Gasteiger charge is -2.32. The van der Waals surface area contributed by atoms with Crippen molar-refractivity contribution in [3.63, 3.8) is 0 Å². The molecule has 0 N–H and O–H groups in total. The van der Waals surface area contributed by atoms with E-state index in [1.54, 1.807) is 11.8 Å². The van der Waals surface area contributed by atoms with Gasteiger partial charge < -0.3 is 4.90 Å². The van der Waals surface area contributed by atoms with Crippen LogP contribution in [0.2, 0.25) is 0 Å². The van der Waals surface area contributed by atoms with Crippen LogP contribution in [0, 0.1) is 0 Å². The first kappa shape index (κ1) is 29.7. The highest BCUT2D eigenvalue weighted by molar-refractivity contribution is 7.99. The molecule has 0 spiro atoms. The van der Waals surface area contributed by atoms with Gasteiger partial charge in [0.1, 0.15) is 0 Å². The summed E-state index contributed by atoms with van der Waals surface area (Å²) in [5.74, 6) is 1.94. The molecule has 0 unspecified atom stereocenters. The van der Waals surface area contributed by atoms with Crippen molar-refractivity contribution < 1.29 is 0 Å². The molecule has 0 bridgehead atoms. The maximum atomic E-state index is 5.02. The van der Waals surface area contributed by atoms with Gasteiger partial charge in [-0.15, -0.1) is 0 Å². The third-order valence-corrected chi connectivity index (χ3v) is 9.68. The molecule has 0 amide bonds. The normalized spacial score (nSPS) is 11.9. The topological polar surface area (TPSA) is 67.7 Å². The van der Waals surface area contributed by atoms with Crippen LogP contribution in [0.25, 0.3) is 56.9 Å². The first-order valence-corrected chi connectivity index (χ1v) is 17.2. The average molecular weight is 661 g/mol. The number of aromatic nitrogens is 5. The molecule has 8 aromatic rings. The average Bonchev–Trinajstić information content (AvgIpc) is 3.20. The van der Waals surface area contributed by atoms with Crippen LogP contribution in [-0.4, -0.2) is 24.9 Å². The molecule has 0 saturated heterocycles. The highest BCUT2D eigenvalue weighted by Gasteiger charge is 2.24. The van der Waals surface area contributed by atoms with Gasteiger partial charge in [-0.25, -0.2) is 24.9 Å². The van der Waals surface area contributed by atoms with E-state index in [1.807, 2.05) is 72.8 Å². The predicted molar refractivity (Wildman–Crippen MR) is 201 cm³/mol. The summed E-state index contributed by atoms with van der Waals surface area (Å²) in [5, 5.41) is 0. The number of hydrogen-bond donors (Lipinski definition) is 0. The van der Waals surface area contributed by atoms with E-state index >= 15 is 0 Å². The molecule has 0 fully saturated rings. The van der Waals surface area contributed by atoms with Gasteiger partial charge in [-0.2, -0.15) is 0 Å². The zero-order valence-corrected chi connectivity index (χ0v) is 27.6. The molecule has 2 aromatic heterocycles. The van der Waals surface area contributed by atoms with Gasteiger partial charge >= 0.3 is 0 Å². The molecule has 50 heavy (non-hydrogen) atoms. The first-order valence-electron chi connectivity index (χ1n) is 16.4. The third kappa shape index (κ3) is 5.70. The second-order valence-corrected chi connectivity index (χ2v) is 12.9. The number of nitrogens with zero attached hydrogens (tertiary/aromatic N) is 6. The summed E-state index contributed by atoms with van der Waals surface area (Å²) in [6.07, 6.45) is 0. The Kier molecular flexibility index (Phi) is 7.64. The van der Waals surface area contributed by atoms with Crippen molar-refractivity contribution in [2.75, 3.05) is 4.90 Å². The maximum Gasteiger partial charge on any atom is 0.201 e. The van der Waals surface area contributed by atoms with Crippen LogP contribution < -0.4 is 4.90 Å². The third-order valence-electron chi connectivity index (χ3n) is 8.55. The first-order chi connectivity index (χ1) is 24.8. The highest BCUT2D eigenvalue weighted by atomic mass is 32.2. The van der Waals surface area contributed by atoms with Crippen molar-refractivity contribution in [2.45, 2.75) is 9.79 Å². The maximum absolute atomic E-state index is 5.02. The van der Waals surface area contributed by atoms with Crippen LogP contribution in [0.3, 0.4) is 0 Å². The van der Waals surface area contributed by atoms with Crippen molar-refractivity contribution in [2.24, 2.45) is 0 Å². The zero-order chi connectivity index (χ0) is 33.3.